The molecule has 0 aliphatic heterocycles. The number of hydrogen-bond donors (Lipinski definition) is 1. The molecule has 6 nitrogen and oxygen atoms in total. The maximum Gasteiger partial charge on any atom is 0.335 e. The summed E-state index contributed by atoms with van der Waals surface area (Å²) in [4.78, 5) is 24.8. The van der Waals surface area contributed by atoms with Gasteiger partial charge in [0.25, 0.3) is 5.91 Å². The lowest BCUT2D eigenvalue weighted by atomic mass is 10.1. The average Bonchev–Trinajstić information content (AvgIpc) is 2.86. The normalized spacial score (nSPS) is 10.4. The molecule has 0 atom stereocenters. The Morgan fingerprint density at radius 3 is 2.43 bits per heavy atom. The summed E-state index contributed by atoms with van der Waals surface area (Å²) in [6, 6.07) is 6.11. The number of aryl methyl sites for hydroxylation is 2. The lowest BCUT2D eigenvalue weighted by Crippen LogP contribution is -2.27. The third kappa shape index (κ3) is 2.79. The molecule has 0 fully saturated rings. The third-order valence-corrected chi connectivity index (χ3v) is 3.29. The smallest absolute Gasteiger partial charge is 0.335 e. The van der Waals surface area contributed by atoms with Crippen molar-refractivity contribution >= 4 is 17.6 Å². The van der Waals surface area contributed by atoms with Gasteiger partial charge >= 0.3 is 5.97 Å². The van der Waals surface area contributed by atoms with E-state index in [0.29, 0.717) is 29.1 Å². The Balaban J connectivity index is 2.30. The van der Waals surface area contributed by atoms with Crippen LogP contribution in [0, 0.1) is 6.92 Å². The molecule has 0 aliphatic rings. The number of carboxylic acids is 1. The van der Waals surface area contributed by atoms with E-state index in [2.05, 4.69) is 5.16 Å². The summed E-state index contributed by atoms with van der Waals surface area (Å²) < 4.78 is 5.07. The van der Waals surface area contributed by atoms with Crippen LogP contribution >= 0.6 is 0 Å². The molecule has 6 heteroatoms. The standard InChI is InChI=1S/C15H16N2O4/c1-4-12-13(9(2)21-16-12)14(18)17(3)11-7-5-10(6-8-11)15(19)20/h5-8H,4H2,1-3H3,(H,19,20). The van der Waals surface area contributed by atoms with Gasteiger partial charge in [0.1, 0.15) is 11.3 Å². The van der Waals surface area contributed by atoms with Gasteiger partial charge in [-0.2, -0.15) is 0 Å². The van der Waals surface area contributed by atoms with E-state index in [1.54, 1.807) is 26.1 Å². The molecule has 0 unspecified atom stereocenters. The highest BCUT2D eigenvalue weighted by Gasteiger charge is 2.23. The number of carbonyl (C=O) groups is 2. The Kier molecular flexibility index (Phi) is 4.07. The van der Waals surface area contributed by atoms with Crippen LogP contribution in [0.3, 0.4) is 0 Å². The Hall–Kier alpha value is -2.63. The minimum atomic E-state index is -1.00. The molecule has 0 aliphatic carbocycles. The van der Waals surface area contributed by atoms with Crippen molar-refractivity contribution in [1.82, 2.24) is 5.16 Å². The van der Waals surface area contributed by atoms with Gasteiger partial charge in [-0.05, 0) is 37.6 Å². The van der Waals surface area contributed by atoms with Gasteiger partial charge in [-0.15, -0.1) is 0 Å². The predicted octanol–water partition coefficient (Wildman–Crippen LogP) is 2.52. The van der Waals surface area contributed by atoms with Crippen molar-refractivity contribution in [3.8, 4) is 0 Å². The molecule has 1 N–H and O–H groups in total. The molecule has 1 amide bonds. The summed E-state index contributed by atoms with van der Waals surface area (Å²) in [6.07, 6.45) is 0.601. The first-order valence-corrected chi connectivity index (χ1v) is 6.52. The number of aromatic carboxylic acids is 1. The van der Waals surface area contributed by atoms with Crippen molar-refractivity contribution in [1.29, 1.82) is 0 Å². The monoisotopic (exact) mass is 288 g/mol. The highest BCUT2D eigenvalue weighted by Crippen LogP contribution is 2.21. The molecule has 0 bridgehead atoms. The number of nitrogens with zero attached hydrogens (tertiary/aromatic N) is 2. The third-order valence-electron chi connectivity index (χ3n) is 3.29. The number of carboxylic acid groups (broad SMARTS) is 1. The van der Waals surface area contributed by atoms with Crippen LogP contribution < -0.4 is 4.90 Å². The molecule has 1 aromatic heterocycles. The summed E-state index contributed by atoms with van der Waals surface area (Å²) in [5, 5.41) is 12.7. The van der Waals surface area contributed by atoms with Crippen LogP contribution in [0.25, 0.3) is 0 Å². The van der Waals surface area contributed by atoms with Gasteiger partial charge in [0.15, 0.2) is 0 Å². The summed E-state index contributed by atoms with van der Waals surface area (Å²) in [5.41, 5.74) is 1.86. The second-order valence-electron chi connectivity index (χ2n) is 4.63. The first-order valence-electron chi connectivity index (χ1n) is 6.52. The minimum Gasteiger partial charge on any atom is -0.478 e. The molecule has 2 aromatic rings. The molecular formula is C15H16N2O4. The summed E-state index contributed by atoms with van der Waals surface area (Å²) in [6.45, 7) is 3.59. The summed E-state index contributed by atoms with van der Waals surface area (Å²) >= 11 is 0. The maximum absolute atomic E-state index is 12.5. The van der Waals surface area contributed by atoms with E-state index in [1.807, 2.05) is 6.92 Å². The highest BCUT2D eigenvalue weighted by molar-refractivity contribution is 6.07. The fourth-order valence-corrected chi connectivity index (χ4v) is 2.05. The molecule has 0 saturated heterocycles. The second-order valence-corrected chi connectivity index (χ2v) is 4.63. The number of benzene rings is 1. The van der Waals surface area contributed by atoms with Crippen LogP contribution in [0.2, 0.25) is 0 Å². The number of carbonyl (C=O) groups excluding carboxylic acids is 1. The first-order chi connectivity index (χ1) is 9.95. The van der Waals surface area contributed by atoms with Gasteiger partial charge in [-0.25, -0.2) is 4.79 Å². The Morgan fingerprint density at radius 2 is 1.90 bits per heavy atom. The van der Waals surface area contributed by atoms with Crippen LogP contribution in [0.1, 0.15) is 39.1 Å². The Labute approximate surface area is 122 Å². The topological polar surface area (TPSA) is 83.6 Å². The van der Waals surface area contributed by atoms with Gasteiger partial charge < -0.3 is 14.5 Å². The zero-order chi connectivity index (χ0) is 15.6. The van der Waals surface area contributed by atoms with Crippen molar-refractivity contribution in [2.75, 3.05) is 11.9 Å². The van der Waals surface area contributed by atoms with Gasteiger partial charge in [0.2, 0.25) is 0 Å². The number of rotatable bonds is 4. The van der Waals surface area contributed by atoms with Gasteiger partial charge in [0.05, 0.1) is 11.3 Å². The fraction of sp³-hybridized carbons (Fsp3) is 0.267. The molecule has 21 heavy (non-hydrogen) atoms. The fourth-order valence-electron chi connectivity index (χ4n) is 2.05. The number of amides is 1. The predicted molar refractivity (Wildman–Crippen MR) is 76.8 cm³/mol. The SMILES string of the molecule is CCc1noc(C)c1C(=O)N(C)c1ccc(C(=O)O)cc1. The van der Waals surface area contributed by atoms with Gasteiger partial charge in [-0.1, -0.05) is 12.1 Å². The lowest BCUT2D eigenvalue weighted by Gasteiger charge is -2.17. The van der Waals surface area contributed by atoms with E-state index in [-0.39, 0.29) is 11.5 Å². The second kappa shape index (κ2) is 5.78. The van der Waals surface area contributed by atoms with E-state index in [4.69, 9.17) is 9.63 Å². The van der Waals surface area contributed by atoms with E-state index in [9.17, 15) is 9.59 Å². The maximum atomic E-state index is 12.5. The van der Waals surface area contributed by atoms with Crippen LogP contribution in [-0.4, -0.2) is 29.2 Å². The van der Waals surface area contributed by atoms with E-state index in [0.717, 1.165) is 0 Å². The van der Waals surface area contributed by atoms with Gasteiger partial charge in [-0.3, -0.25) is 4.79 Å². The molecule has 1 heterocycles. The Bertz CT molecular complexity index is 673. The molecule has 0 spiro atoms. The van der Waals surface area contributed by atoms with Crippen molar-refractivity contribution in [2.45, 2.75) is 20.3 Å². The summed E-state index contributed by atoms with van der Waals surface area (Å²) in [5.74, 6) is -0.752. The van der Waals surface area contributed by atoms with E-state index in [1.165, 1.54) is 17.0 Å². The van der Waals surface area contributed by atoms with Crippen LogP contribution in [-0.2, 0) is 6.42 Å². The molecule has 0 saturated carbocycles. The van der Waals surface area contributed by atoms with Crippen LogP contribution in [0.5, 0.6) is 0 Å². The first kappa shape index (κ1) is 14.8. The molecule has 2 rings (SSSR count). The zero-order valence-electron chi connectivity index (χ0n) is 12.1. The molecule has 110 valence electrons. The van der Waals surface area contributed by atoms with Crippen LogP contribution in [0.15, 0.2) is 28.8 Å². The van der Waals surface area contributed by atoms with Gasteiger partial charge in [0, 0.05) is 12.7 Å². The van der Waals surface area contributed by atoms with Crippen molar-refractivity contribution in [3.63, 3.8) is 0 Å². The molecule has 1 aromatic carbocycles. The highest BCUT2D eigenvalue weighted by atomic mass is 16.5. The average molecular weight is 288 g/mol. The molecule has 0 radical (unpaired) electrons. The minimum absolute atomic E-state index is 0.176. The zero-order valence-corrected chi connectivity index (χ0v) is 12.1. The number of aromatic nitrogens is 1. The lowest BCUT2D eigenvalue weighted by molar-refractivity contribution is 0.0696. The van der Waals surface area contributed by atoms with Crippen molar-refractivity contribution < 1.29 is 19.2 Å². The van der Waals surface area contributed by atoms with Crippen LogP contribution in [0.4, 0.5) is 5.69 Å². The molecular weight excluding hydrogens is 272 g/mol. The number of anilines is 1. The van der Waals surface area contributed by atoms with Crippen molar-refractivity contribution in [2.24, 2.45) is 0 Å². The Morgan fingerprint density at radius 1 is 1.29 bits per heavy atom. The quantitative estimate of drug-likeness (QED) is 0.934. The van der Waals surface area contributed by atoms with E-state index >= 15 is 0 Å². The van der Waals surface area contributed by atoms with Crippen molar-refractivity contribution in [3.05, 3.63) is 46.8 Å². The largest absolute Gasteiger partial charge is 0.478 e. The van der Waals surface area contributed by atoms with E-state index < -0.39 is 5.97 Å². The summed E-state index contributed by atoms with van der Waals surface area (Å²) in [7, 11) is 1.63. The number of hydrogen-bond acceptors (Lipinski definition) is 4.